The van der Waals surface area contributed by atoms with E-state index in [-0.39, 0.29) is 5.38 Å². The van der Waals surface area contributed by atoms with E-state index in [0.29, 0.717) is 5.92 Å². The van der Waals surface area contributed by atoms with Crippen LogP contribution >= 0.6 is 34.5 Å². The first-order valence-electron chi connectivity index (χ1n) is 6.11. The summed E-state index contributed by atoms with van der Waals surface area (Å²) in [6.45, 7) is 4.45. The molecule has 0 N–H and O–H groups in total. The van der Waals surface area contributed by atoms with Crippen LogP contribution in [-0.4, -0.2) is 0 Å². The van der Waals surface area contributed by atoms with Gasteiger partial charge in [-0.15, -0.1) is 22.9 Å². The first-order valence-corrected chi connectivity index (χ1v) is 7.74. The fourth-order valence-corrected chi connectivity index (χ4v) is 3.28. The van der Waals surface area contributed by atoms with Crippen LogP contribution in [0.5, 0.6) is 0 Å². The molecule has 1 aromatic heterocycles. The quantitative estimate of drug-likeness (QED) is 0.586. The summed E-state index contributed by atoms with van der Waals surface area (Å²) in [5.41, 5.74) is 2.50. The van der Waals surface area contributed by atoms with E-state index in [1.165, 1.54) is 16.9 Å². The van der Waals surface area contributed by atoms with Gasteiger partial charge in [0.05, 0.1) is 9.71 Å². The highest BCUT2D eigenvalue weighted by Crippen LogP contribution is 2.35. The summed E-state index contributed by atoms with van der Waals surface area (Å²) in [4.78, 5) is 1.10. The molecule has 0 amide bonds. The van der Waals surface area contributed by atoms with Gasteiger partial charge in [-0.1, -0.05) is 49.7 Å². The van der Waals surface area contributed by atoms with Crippen LogP contribution in [-0.2, 0) is 0 Å². The monoisotopic (exact) mass is 298 g/mol. The van der Waals surface area contributed by atoms with E-state index in [1.807, 2.05) is 12.1 Å². The Kier molecular flexibility index (Phi) is 4.71. The minimum absolute atomic E-state index is 0.103. The number of thiophene rings is 1. The van der Waals surface area contributed by atoms with Crippen LogP contribution in [0.3, 0.4) is 0 Å². The molecule has 2 atom stereocenters. The van der Waals surface area contributed by atoms with Gasteiger partial charge in [0.25, 0.3) is 0 Å². The number of hydrogen-bond donors (Lipinski definition) is 0. The van der Waals surface area contributed by atoms with Crippen molar-refractivity contribution in [1.82, 2.24) is 0 Å². The largest absolute Gasteiger partial charge is 0.127 e. The van der Waals surface area contributed by atoms with Crippen LogP contribution in [0.25, 0.3) is 0 Å². The van der Waals surface area contributed by atoms with Gasteiger partial charge in [-0.2, -0.15) is 0 Å². The van der Waals surface area contributed by atoms with Gasteiger partial charge in [0, 0.05) is 4.88 Å². The summed E-state index contributed by atoms with van der Waals surface area (Å²) >= 11 is 13.9. The predicted molar refractivity (Wildman–Crippen MR) is 82.2 cm³/mol. The van der Waals surface area contributed by atoms with E-state index in [0.717, 1.165) is 21.2 Å². The zero-order valence-corrected chi connectivity index (χ0v) is 12.8. The molecule has 2 aromatic rings. The number of alkyl halides is 1. The molecule has 0 aliphatic carbocycles. The Morgan fingerprint density at radius 1 is 1.06 bits per heavy atom. The molecule has 0 fully saturated rings. The zero-order chi connectivity index (χ0) is 13.1. The Morgan fingerprint density at radius 2 is 1.67 bits per heavy atom. The standard InChI is InChI=1S/C15H16Cl2S/c1-3-10(2)11-4-6-12(7-5-11)15(17)13-8-9-14(16)18-13/h4-10,15H,3H2,1-2H3. The predicted octanol–water partition coefficient (Wildman–Crippen LogP) is 6.24. The molecule has 0 saturated carbocycles. The molecule has 0 bridgehead atoms. The van der Waals surface area contributed by atoms with Crippen LogP contribution in [0.15, 0.2) is 36.4 Å². The minimum Gasteiger partial charge on any atom is -0.127 e. The van der Waals surface area contributed by atoms with Gasteiger partial charge in [-0.3, -0.25) is 0 Å². The smallest absolute Gasteiger partial charge is 0.0931 e. The highest BCUT2D eigenvalue weighted by atomic mass is 35.5. The van der Waals surface area contributed by atoms with E-state index < -0.39 is 0 Å². The molecule has 2 rings (SSSR count). The molecule has 0 saturated heterocycles. The summed E-state index contributed by atoms with van der Waals surface area (Å²) in [7, 11) is 0. The van der Waals surface area contributed by atoms with Gasteiger partial charge >= 0.3 is 0 Å². The average Bonchev–Trinajstić information content (AvgIpc) is 2.84. The lowest BCUT2D eigenvalue weighted by molar-refractivity contribution is 0.733. The molecular weight excluding hydrogens is 283 g/mol. The van der Waals surface area contributed by atoms with Crippen LogP contribution < -0.4 is 0 Å². The maximum absolute atomic E-state index is 6.46. The lowest BCUT2D eigenvalue weighted by Crippen LogP contribution is -1.94. The van der Waals surface area contributed by atoms with Gasteiger partial charge < -0.3 is 0 Å². The Bertz CT molecular complexity index is 501. The number of benzene rings is 1. The Hall–Kier alpha value is -0.500. The van der Waals surface area contributed by atoms with Crippen molar-refractivity contribution in [3.8, 4) is 0 Å². The molecule has 1 heterocycles. The van der Waals surface area contributed by atoms with Gasteiger partial charge in [0.2, 0.25) is 0 Å². The molecular formula is C15H16Cl2S. The Balaban J connectivity index is 2.19. The second-order valence-corrected chi connectivity index (χ2v) is 6.66. The van der Waals surface area contributed by atoms with Gasteiger partial charge in [0.1, 0.15) is 0 Å². The zero-order valence-electron chi connectivity index (χ0n) is 10.5. The number of hydrogen-bond acceptors (Lipinski definition) is 1. The fraction of sp³-hybridized carbons (Fsp3) is 0.333. The molecule has 1 aromatic carbocycles. The molecule has 0 spiro atoms. The van der Waals surface area contributed by atoms with Crippen molar-refractivity contribution in [2.45, 2.75) is 31.6 Å². The second kappa shape index (κ2) is 6.10. The van der Waals surface area contributed by atoms with Crippen molar-refractivity contribution >= 4 is 34.5 Å². The first-order chi connectivity index (χ1) is 8.61. The van der Waals surface area contributed by atoms with Gasteiger partial charge in [0.15, 0.2) is 0 Å². The lowest BCUT2D eigenvalue weighted by Gasteiger charge is -2.12. The van der Waals surface area contributed by atoms with Gasteiger partial charge in [-0.05, 0) is 35.6 Å². The Labute approximate surface area is 123 Å². The van der Waals surface area contributed by atoms with E-state index >= 15 is 0 Å². The molecule has 0 radical (unpaired) electrons. The van der Waals surface area contributed by atoms with E-state index in [1.54, 1.807) is 0 Å². The van der Waals surface area contributed by atoms with Gasteiger partial charge in [-0.25, -0.2) is 0 Å². The summed E-state index contributed by atoms with van der Waals surface area (Å²) in [6, 6.07) is 12.5. The van der Waals surface area contributed by atoms with Crippen LogP contribution in [0, 0.1) is 0 Å². The first kappa shape index (κ1) is 13.9. The molecule has 3 heteroatoms. The van der Waals surface area contributed by atoms with Crippen molar-refractivity contribution in [2.24, 2.45) is 0 Å². The third-order valence-electron chi connectivity index (χ3n) is 3.25. The van der Waals surface area contributed by atoms with Crippen molar-refractivity contribution in [3.63, 3.8) is 0 Å². The summed E-state index contributed by atoms with van der Waals surface area (Å²) in [5.74, 6) is 0.601. The SMILES string of the molecule is CCC(C)c1ccc(C(Cl)c2ccc(Cl)s2)cc1. The van der Waals surface area contributed by atoms with E-state index in [9.17, 15) is 0 Å². The van der Waals surface area contributed by atoms with Crippen LogP contribution in [0.4, 0.5) is 0 Å². The Morgan fingerprint density at radius 3 is 2.17 bits per heavy atom. The van der Waals surface area contributed by atoms with Crippen molar-refractivity contribution in [1.29, 1.82) is 0 Å². The topological polar surface area (TPSA) is 0 Å². The maximum Gasteiger partial charge on any atom is 0.0931 e. The lowest BCUT2D eigenvalue weighted by atomic mass is 9.97. The molecule has 2 unspecified atom stereocenters. The van der Waals surface area contributed by atoms with Crippen molar-refractivity contribution < 1.29 is 0 Å². The molecule has 18 heavy (non-hydrogen) atoms. The van der Waals surface area contributed by atoms with Crippen LogP contribution in [0.1, 0.15) is 47.6 Å². The fourth-order valence-electron chi connectivity index (χ4n) is 1.86. The molecule has 0 aliphatic rings. The minimum atomic E-state index is -0.103. The molecule has 96 valence electrons. The molecule has 0 nitrogen and oxygen atoms in total. The maximum atomic E-state index is 6.46. The van der Waals surface area contributed by atoms with Crippen LogP contribution in [0.2, 0.25) is 4.34 Å². The van der Waals surface area contributed by atoms with E-state index in [4.69, 9.17) is 23.2 Å². The van der Waals surface area contributed by atoms with Crippen molar-refractivity contribution in [2.75, 3.05) is 0 Å². The highest BCUT2D eigenvalue weighted by Gasteiger charge is 2.13. The van der Waals surface area contributed by atoms with E-state index in [2.05, 4.69) is 38.1 Å². The number of halogens is 2. The third kappa shape index (κ3) is 3.09. The second-order valence-electron chi connectivity index (χ2n) is 4.48. The highest BCUT2D eigenvalue weighted by molar-refractivity contribution is 7.16. The average molecular weight is 299 g/mol. The third-order valence-corrected chi connectivity index (χ3v) is 5.17. The van der Waals surface area contributed by atoms with Crippen molar-refractivity contribution in [3.05, 3.63) is 56.7 Å². The normalized spacial score (nSPS) is 14.4. The summed E-state index contributed by atoms with van der Waals surface area (Å²) in [5, 5.41) is -0.103. The summed E-state index contributed by atoms with van der Waals surface area (Å²) < 4.78 is 0.784. The summed E-state index contributed by atoms with van der Waals surface area (Å²) in [6.07, 6.45) is 1.16. The number of rotatable bonds is 4. The molecule has 0 aliphatic heterocycles.